The van der Waals surface area contributed by atoms with Crippen LogP contribution in [-0.2, 0) is 33.9 Å². The molecule has 1 aliphatic heterocycles. The first-order valence-electron chi connectivity index (χ1n) is 10.0. The number of sulfonamides is 1. The lowest BCUT2D eigenvalue weighted by Gasteiger charge is -2.19. The van der Waals surface area contributed by atoms with Crippen molar-refractivity contribution in [2.75, 3.05) is 32.6 Å². The summed E-state index contributed by atoms with van der Waals surface area (Å²) in [6.45, 7) is -1.24. The molecule has 1 aromatic carbocycles. The molecule has 1 aromatic rings. The van der Waals surface area contributed by atoms with Gasteiger partial charge in [0.15, 0.2) is 6.61 Å². The van der Waals surface area contributed by atoms with Gasteiger partial charge in [-0.1, -0.05) is 24.4 Å². The van der Waals surface area contributed by atoms with Crippen LogP contribution >= 0.6 is 11.6 Å². The van der Waals surface area contributed by atoms with E-state index >= 15 is 0 Å². The fourth-order valence-electron chi connectivity index (χ4n) is 3.87. The van der Waals surface area contributed by atoms with E-state index in [1.165, 1.54) is 32.3 Å². The minimum atomic E-state index is -3.74. The summed E-state index contributed by atoms with van der Waals surface area (Å²) >= 11 is 6.03. The number of ether oxygens (including phenoxy) is 1. The van der Waals surface area contributed by atoms with Crippen LogP contribution in [0.25, 0.3) is 0 Å². The van der Waals surface area contributed by atoms with Crippen molar-refractivity contribution in [3.05, 3.63) is 23.2 Å². The monoisotopic (exact) mass is 485 g/mol. The molecule has 0 unspecified atom stereocenters. The number of carbonyl (C=O) groups is 4. The SMILES string of the molecule is CN(C)S(=O)(=O)c1ccc(Cl)c(NC(=O)COC(=O)CN2C(=O)[C@H]3CCCC[C@H]3C2=O)c1. The molecule has 0 spiro atoms. The summed E-state index contributed by atoms with van der Waals surface area (Å²) < 4.78 is 30.4. The van der Waals surface area contributed by atoms with E-state index in [-0.39, 0.29) is 39.3 Å². The van der Waals surface area contributed by atoms with E-state index in [0.717, 1.165) is 22.0 Å². The van der Waals surface area contributed by atoms with Crippen LogP contribution in [0.5, 0.6) is 0 Å². The van der Waals surface area contributed by atoms with Gasteiger partial charge in [0.25, 0.3) is 5.91 Å². The molecular weight excluding hydrogens is 462 g/mol. The van der Waals surface area contributed by atoms with E-state index in [9.17, 15) is 27.6 Å². The van der Waals surface area contributed by atoms with Crippen LogP contribution in [0.3, 0.4) is 0 Å². The Morgan fingerprint density at radius 3 is 2.31 bits per heavy atom. The highest BCUT2D eigenvalue weighted by Gasteiger charge is 2.48. The third kappa shape index (κ3) is 4.94. The summed E-state index contributed by atoms with van der Waals surface area (Å²) in [7, 11) is -1.01. The van der Waals surface area contributed by atoms with Gasteiger partial charge in [0.05, 0.1) is 27.4 Å². The minimum Gasteiger partial charge on any atom is -0.454 e. The van der Waals surface area contributed by atoms with Crippen molar-refractivity contribution in [2.45, 2.75) is 30.6 Å². The maximum atomic E-state index is 12.4. The Morgan fingerprint density at radius 2 is 1.75 bits per heavy atom. The summed E-state index contributed by atoms with van der Waals surface area (Å²) in [5, 5.41) is 2.49. The van der Waals surface area contributed by atoms with Crippen molar-refractivity contribution in [1.29, 1.82) is 0 Å². The van der Waals surface area contributed by atoms with Gasteiger partial charge in [-0.2, -0.15) is 0 Å². The summed E-state index contributed by atoms with van der Waals surface area (Å²) in [6, 6.07) is 3.82. The van der Waals surface area contributed by atoms with Gasteiger partial charge in [-0.15, -0.1) is 0 Å². The van der Waals surface area contributed by atoms with E-state index in [4.69, 9.17) is 16.3 Å². The van der Waals surface area contributed by atoms with Gasteiger partial charge in [0.2, 0.25) is 21.8 Å². The molecule has 32 heavy (non-hydrogen) atoms. The van der Waals surface area contributed by atoms with E-state index in [1.807, 2.05) is 0 Å². The Hall–Kier alpha value is -2.50. The molecule has 1 heterocycles. The third-order valence-electron chi connectivity index (χ3n) is 5.57. The second-order valence-electron chi connectivity index (χ2n) is 7.90. The van der Waals surface area contributed by atoms with Crippen molar-refractivity contribution in [3.63, 3.8) is 0 Å². The number of likely N-dealkylation sites (tertiary alicyclic amines) is 1. The minimum absolute atomic E-state index is 0.0321. The quantitative estimate of drug-likeness (QED) is 0.454. The molecule has 174 valence electrons. The van der Waals surface area contributed by atoms with Crippen molar-refractivity contribution < 1.29 is 32.3 Å². The maximum absolute atomic E-state index is 12.4. The molecule has 1 aliphatic carbocycles. The average Bonchev–Trinajstić information content (AvgIpc) is 2.98. The maximum Gasteiger partial charge on any atom is 0.326 e. The number of nitrogens with zero attached hydrogens (tertiary/aromatic N) is 2. The molecular formula is C20H24ClN3O7S. The fraction of sp³-hybridized carbons (Fsp3) is 0.500. The number of imide groups is 1. The van der Waals surface area contributed by atoms with Gasteiger partial charge in [0, 0.05) is 14.1 Å². The molecule has 0 bridgehead atoms. The van der Waals surface area contributed by atoms with Gasteiger partial charge in [-0.05, 0) is 31.0 Å². The van der Waals surface area contributed by atoms with E-state index in [1.54, 1.807) is 0 Å². The van der Waals surface area contributed by atoms with Crippen molar-refractivity contribution in [2.24, 2.45) is 11.8 Å². The van der Waals surface area contributed by atoms with Crippen LogP contribution in [0.15, 0.2) is 23.1 Å². The van der Waals surface area contributed by atoms with E-state index in [0.29, 0.717) is 12.8 Å². The first-order valence-corrected chi connectivity index (χ1v) is 11.9. The number of hydrogen-bond donors (Lipinski definition) is 1. The molecule has 1 saturated carbocycles. The number of rotatable bonds is 7. The Kier molecular flexibility index (Phi) is 7.21. The number of halogens is 1. The van der Waals surface area contributed by atoms with Gasteiger partial charge in [0.1, 0.15) is 6.54 Å². The number of amides is 3. The molecule has 2 aliphatic rings. The molecule has 2 fully saturated rings. The predicted octanol–water partition coefficient (Wildman–Crippen LogP) is 1.25. The molecule has 10 nitrogen and oxygen atoms in total. The lowest BCUT2D eigenvalue weighted by Crippen LogP contribution is -2.37. The van der Waals surface area contributed by atoms with E-state index in [2.05, 4.69) is 5.32 Å². The summed E-state index contributed by atoms with van der Waals surface area (Å²) in [4.78, 5) is 50.0. The predicted molar refractivity (Wildman–Crippen MR) is 114 cm³/mol. The normalized spacial score (nSPS) is 20.9. The Bertz CT molecular complexity index is 1030. The number of hydrogen-bond acceptors (Lipinski definition) is 7. The molecule has 3 rings (SSSR count). The molecule has 1 N–H and O–H groups in total. The number of esters is 1. The molecule has 2 atom stereocenters. The van der Waals surface area contributed by atoms with Crippen LogP contribution in [0.4, 0.5) is 5.69 Å². The zero-order valence-corrected chi connectivity index (χ0v) is 19.2. The van der Waals surface area contributed by atoms with Crippen LogP contribution in [-0.4, -0.2) is 68.6 Å². The summed E-state index contributed by atoms with van der Waals surface area (Å²) in [6.07, 6.45) is 3.01. The van der Waals surface area contributed by atoms with Gasteiger partial charge in [-0.25, -0.2) is 12.7 Å². The van der Waals surface area contributed by atoms with E-state index < -0.39 is 35.1 Å². The summed E-state index contributed by atoms with van der Waals surface area (Å²) in [5.41, 5.74) is 0.0321. The molecule has 0 aromatic heterocycles. The number of nitrogens with one attached hydrogen (secondary N) is 1. The van der Waals surface area contributed by atoms with Crippen LogP contribution < -0.4 is 5.32 Å². The number of carbonyl (C=O) groups excluding carboxylic acids is 4. The molecule has 3 amide bonds. The summed E-state index contributed by atoms with van der Waals surface area (Å²) in [5.74, 6) is -3.14. The smallest absolute Gasteiger partial charge is 0.326 e. The fourth-order valence-corrected chi connectivity index (χ4v) is 4.96. The molecule has 12 heteroatoms. The van der Waals surface area contributed by atoms with Crippen molar-refractivity contribution in [3.8, 4) is 0 Å². The second kappa shape index (κ2) is 9.55. The highest BCUT2D eigenvalue weighted by molar-refractivity contribution is 7.89. The van der Waals surface area contributed by atoms with Gasteiger partial charge < -0.3 is 10.1 Å². The third-order valence-corrected chi connectivity index (χ3v) is 7.72. The first kappa shape index (κ1) is 24.1. The average molecular weight is 486 g/mol. The largest absolute Gasteiger partial charge is 0.454 e. The van der Waals surface area contributed by atoms with Crippen molar-refractivity contribution >= 4 is 51.0 Å². The molecule has 1 saturated heterocycles. The number of benzene rings is 1. The molecule has 0 radical (unpaired) electrons. The Labute approximate surface area is 190 Å². The first-order chi connectivity index (χ1) is 15.0. The number of fused-ring (bicyclic) bond motifs is 1. The van der Waals surface area contributed by atoms with Crippen LogP contribution in [0, 0.1) is 11.8 Å². The topological polar surface area (TPSA) is 130 Å². The highest BCUT2D eigenvalue weighted by atomic mass is 35.5. The number of anilines is 1. The second-order valence-corrected chi connectivity index (χ2v) is 10.5. The standard InChI is InChI=1S/C20H24ClN3O7S/c1-23(2)32(29,30)12-7-8-15(21)16(9-12)22-17(25)11-31-18(26)10-24-19(27)13-5-3-4-6-14(13)20(24)28/h7-9,13-14H,3-6,10-11H2,1-2H3,(H,22,25)/t13-,14+. The van der Waals surface area contributed by atoms with Crippen molar-refractivity contribution in [1.82, 2.24) is 9.21 Å². The Morgan fingerprint density at radius 1 is 1.16 bits per heavy atom. The van der Waals surface area contributed by atoms with Gasteiger partial charge >= 0.3 is 5.97 Å². The highest BCUT2D eigenvalue weighted by Crippen LogP contribution is 2.37. The van der Waals surface area contributed by atoms with Crippen LogP contribution in [0.1, 0.15) is 25.7 Å². The van der Waals surface area contributed by atoms with Gasteiger partial charge in [-0.3, -0.25) is 24.1 Å². The Balaban J connectivity index is 1.57. The lowest BCUT2D eigenvalue weighted by molar-refractivity contribution is -0.154. The lowest BCUT2D eigenvalue weighted by atomic mass is 9.81. The zero-order chi connectivity index (χ0) is 23.6. The zero-order valence-electron chi connectivity index (χ0n) is 17.7. The van der Waals surface area contributed by atoms with Crippen LogP contribution in [0.2, 0.25) is 5.02 Å².